The normalized spacial score (nSPS) is 24.1. The molecule has 2 heterocycles. The van der Waals surface area contributed by atoms with Gasteiger partial charge >= 0.3 is 6.03 Å². The molecule has 1 aromatic carbocycles. The third-order valence-electron chi connectivity index (χ3n) is 4.83. The maximum atomic E-state index is 12.4. The molecule has 0 bridgehead atoms. The summed E-state index contributed by atoms with van der Waals surface area (Å²) in [5.74, 6) is -0.578. The topological polar surface area (TPSA) is 113 Å². The van der Waals surface area contributed by atoms with Gasteiger partial charge in [0.2, 0.25) is 5.91 Å². The molecule has 2 saturated heterocycles. The zero-order chi connectivity index (χ0) is 19.4. The van der Waals surface area contributed by atoms with E-state index >= 15 is 0 Å². The van der Waals surface area contributed by atoms with E-state index in [4.69, 9.17) is 0 Å². The van der Waals surface area contributed by atoms with Gasteiger partial charge in [-0.3, -0.25) is 14.5 Å². The number of hydrogen-bond donors (Lipinski definition) is 2. The van der Waals surface area contributed by atoms with Crippen LogP contribution in [0.1, 0.15) is 24.8 Å². The molecule has 27 heavy (non-hydrogen) atoms. The summed E-state index contributed by atoms with van der Waals surface area (Å²) in [6.45, 7) is 0.289. The minimum atomic E-state index is -3.06. The van der Waals surface area contributed by atoms with Crippen molar-refractivity contribution in [2.24, 2.45) is 0 Å². The minimum Gasteiger partial charge on any atom is -0.352 e. The summed E-state index contributed by atoms with van der Waals surface area (Å²) >= 11 is 0. The van der Waals surface area contributed by atoms with Gasteiger partial charge in [-0.15, -0.1) is 0 Å². The Morgan fingerprint density at radius 2 is 1.96 bits per heavy atom. The van der Waals surface area contributed by atoms with Crippen LogP contribution in [0.4, 0.5) is 4.79 Å². The number of rotatable bonds is 7. The van der Waals surface area contributed by atoms with Crippen LogP contribution in [0, 0.1) is 0 Å². The molecule has 3 rings (SSSR count). The summed E-state index contributed by atoms with van der Waals surface area (Å²) in [5.41, 5.74) is 1.03. The van der Waals surface area contributed by atoms with Crippen molar-refractivity contribution in [3.8, 4) is 0 Å². The number of sulfone groups is 1. The summed E-state index contributed by atoms with van der Waals surface area (Å²) in [6, 6.07) is 8.05. The summed E-state index contributed by atoms with van der Waals surface area (Å²) in [6.07, 6.45) is 1.24. The Kier molecular flexibility index (Phi) is 5.79. The van der Waals surface area contributed by atoms with Crippen LogP contribution in [0.5, 0.6) is 0 Å². The van der Waals surface area contributed by atoms with Crippen LogP contribution < -0.4 is 10.6 Å². The quantitative estimate of drug-likeness (QED) is 0.644. The predicted molar refractivity (Wildman–Crippen MR) is 98.6 cm³/mol. The van der Waals surface area contributed by atoms with Gasteiger partial charge < -0.3 is 10.6 Å². The van der Waals surface area contributed by atoms with Crippen molar-refractivity contribution in [1.29, 1.82) is 0 Å². The second kappa shape index (κ2) is 8.08. The van der Waals surface area contributed by atoms with Crippen molar-refractivity contribution in [3.05, 3.63) is 35.9 Å². The van der Waals surface area contributed by atoms with Crippen LogP contribution in [0.2, 0.25) is 0 Å². The lowest BCUT2D eigenvalue weighted by atomic mass is 10.1. The Bertz CT molecular complexity index is 825. The molecule has 0 radical (unpaired) electrons. The SMILES string of the molecule is O=C(CC[C@H]1NC(=O)N(CCc2ccccc2)C1=O)N[C@@H]1CCS(=O)(=O)C1. The molecule has 8 nitrogen and oxygen atoms in total. The van der Waals surface area contributed by atoms with E-state index < -0.39 is 21.9 Å². The fourth-order valence-corrected chi connectivity index (χ4v) is 5.03. The number of nitrogens with zero attached hydrogens (tertiary/aromatic N) is 1. The number of urea groups is 1. The highest BCUT2D eigenvalue weighted by Crippen LogP contribution is 2.14. The summed E-state index contributed by atoms with van der Waals surface area (Å²) < 4.78 is 22.8. The highest BCUT2D eigenvalue weighted by Gasteiger charge is 2.37. The summed E-state index contributed by atoms with van der Waals surface area (Å²) in [4.78, 5) is 37.6. The Labute approximate surface area is 158 Å². The van der Waals surface area contributed by atoms with Gasteiger partial charge in [0, 0.05) is 19.0 Å². The van der Waals surface area contributed by atoms with Crippen LogP contribution in [-0.4, -0.2) is 61.3 Å². The Hall–Kier alpha value is -2.42. The first-order chi connectivity index (χ1) is 12.8. The molecule has 0 unspecified atom stereocenters. The maximum absolute atomic E-state index is 12.4. The number of carbonyl (C=O) groups excluding carboxylic acids is 3. The molecule has 0 spiro atoms. The fourth-order valence-electron chi connectivity index (χ4n) is 3.35. The van der Waals surface area contributed by atoms with Gasteiger partial charge in [-0.2, -0.15) is 0 Å². The average molecular weight is 393 g/mol. The summed E-state index contributed by atoms with van der Waals surface area (Å²) in [5, 5.41) is 5.30. The molecule has 2 fully saturated rings. The van der Waals surface area contributed by atoms with Crippen LogP contribution >= 0.6 is 0 Å². The molecular formula is C18H23N3O5S. The van der Waals surface area contributed by atoms with Gasteiger partial charge in [-0.05, 0) is 24.8 Å². The second-order valence-electron chi connectivity index (χ2n) is 6.93. The standard InChI is InChI=1S/C18H23N3O5S/c22-16(19-14-9-11-27(25,26)12-14)7-6-15-17(23)21(18(24)20-15)10-8-13-4-2-1-3-5-13/h1-5,14-15H,6-12H2,(H,19,22)(H,20,24)/t14-,15-/m1/s1. The zero-order valence-corrected chi connectivity index (χ0v) is 15.7. The van der Waals surface area contributed by atoms with Crippen molar-refractivity contribution in [1.82, 2.24) is 15.5 Å². The minimum absolute atomic E-state index is 0.0366. The fraction of sp³-hybridized carbons (Fsp3) is 0.500. The number of nitrogens with one attached hydrogen (secondary N) is 2. The van der Waals surface area contributed by atoms with Crippen LogP contribution in [0.3, 0.4) is 0 Å². The van der Waals surface area contributed by atoms with Crippen molar-refractivity contribution >= 4 is 27.7 Å². The average Bonchev–Trinajstić information content (AvgIpc) is 3.10. The molecule has 0 saturated carbocycles. The van der Waals surface area contributed by atoms with E-state index in [1.54, 1.807) is 0 Å². The number of imide groups is 1. The molecule has 2 aliphatic heterocycles. The van der Waals surface area contributed by atoms with Gasteiger partial charge in [0.15, 0.2) is 9.84 Å². The molecule has 1 aromatic rings. The van der Waals surface area contributed by atoms with Gasteiger partial charge in [0.1, 0.15) is 6.04 Å². The lowest BCUT2D eigenvalue weighted by Gasteiger charge is -2.14. The van der Waals surface area contributed by atoms with E-state index in [2.05, 4.69) is 10.6 Å². The Morgan fingerprint density at radius 3 is 2.63 bits per heavy atom. The van der Waals surface area contributed by atoms with Crippen LogP contribution in [0.25, 0.3) is 0 Å². The highest BCUT2D eigenvalue weighted by atomic mass is 32.2. The second-order valence-corrected chi connectivity index (χ2v) is 9.16. The monoisotopic (exact) mass is 393 g/mol. The third-order valence-corrected chi connectivity index (χ3v) is 6.60. The summed E-state index contributed by atoms with van der Waals surface area (Å²) in [7, 11) is -3.06. The van der Waals surface area contributed by atoms with E-state index in [9.17, 15) is 22.8 Å². The molecule has 2 aliphatic rings. The van der Waals surface area contributed by atoms with E-state index in [0.717, 1.165) is 5.56 Å². The van der Waals surface area contributed by atoms with Gasteiger partial charge in [-0.25, -0.2) is 13.2 Å². The van der Waals surface area contributed by atoms with Crippen molar-refractivity contribution in [2.45, 2.75) is 37.8 Å². The van der Waals surface area contributed by atoms with Crippen LogP contribution in [-0.2, 0) is 25.8 Å². The Morgan fingerprint density at radius 1 is 1.22 bits per heavy atom. The van der Waals surface area contributed by atoms with E-state index in [1.165, 1.54) is 4.90 Å². The van der Waals surface area contributed by atoms with E-state index in [0.29, 0.717) is 12.8 Å². The predicted octanol–water partition coefficient (Wildman–Crippen LogP) is 0.233. The Balaban J connectivity index is 1.45. The lowest BCUT2D eigenvalue weighted by molar-refractivity contribution is -0.127. The van der Waals surface area contributed by atoms with Gasteiger partial charge in [-0.1, -0.05) is 30.3 Å². The first-order valence-electron chi connectivity index (χ1n) is 9.00. The molecule has 0 aliphatic carbocycles. The third kappa shape index (κ3) is 5.06. The number of benzene rings is 1. The van der Waals surface area contributed by atoms with Crippen LogP contribution in [0.15, 0.2) is 30.3 Å². The maximum Gasteiger partial charge on any atom is 0.324 e. The molecule has 2 N–H and O–H groups in total. The van der Waals surface area contributed by atoms with Crippen molar-refractivity contribution in [3.63, 3.8) is 0 Å². The molecule has 0 aromatic heterocycles. The highest BCUT2D eigenvalue weighted by molar-refractivity contribution is 7.91. The van der Waals surface area contributed by atoms with E-state index in [-0.39, 0.29) is 48.7 Å². The smallest absolute Gasteiger partial charge is 0.324 e. The van der Waals surface area contributed by atoms with Crippen molar-refractivity contribution in [2.75, 3.05) is 18.1 Å². The number of hydrogen-bond acceptors (Lipinski definition) is 5. The first kappa shape index (κ1) is 19.3. The molecule has 9 heteroatoms. The zero-order valence-electron chi connectivity index (χ0n) is 14.9. The van der Waals surface area contributed by atoms with E-state index in [1.807, 2.05) is 30.3 Å². The molecule has 2 atom stereocenters. The lowest BCUT2D eigenvalue weighted by Crippen LogP contribution is -2.37. The molecule has 4 amide bonds. The van der Waals surface area contributed by atoms with Gasteiger partial charge in [0.05, 0.1) is 11.5 Å². The molecular weight excluding hydrogens is 370 g/mol. The van der Waals surface area contributed by atoms with Gasteiger partial charge in [0.25, 0.3) is 5.91 Å². The van der Waals surface area contributed by atoms with Crippen molar-refractivity contribution < 1.29 is 22.8 Å². The number of amides is 4. The largest absolute Gasteiger partial charge is 0.352 e. The first-order valence-corrected chi connectivity index (χ1v) is 10.8. The molecule has 146 valence electrons. The number of carbonyl (C=O) groups is 3.